The van der Waals surface area contributed by atoms with Crippen molar-refractivity contribution in [3.8, 4) is 22.8 Å². The Labute approximate surface area is 305 Å². The number of hydrogen-bond donors (Lipinski definition) is 0. The van der Waals surface area contributed by atoms with Gasteiger partial charge in [0, 0.05) is 40.7 Å². The predicted octanol–water partition coefficient (Wildman–Crippen LogP) is 10.2. The SMILES string of the molecule is [Pt+2].[c-]1c(-c2cnccn2)ccc2c3cc4ccccc4cc3n(-c3[c-]c4c(cc3)c3cc5ccccc5cc3n4-c3cc4ccccc4nn3)c12. The van der Waals surface area contributed by atoms with Gasteiger partial charge in [-0.2, -0.15) is 6.07 Å². The van der Waals surface area contributed by atoms with E-state index in [9.17, 15) is 0 Å². The van der Waals surface area contributed by atoms with Crippen LogP contribution in [-0.2, 0) is 21.1 Å². The summed E-state index contributed by atoms with van der Waals surface area (Å²) < 4.78 is 4.49. The van der Waals surface area contributed by atoms with E-state index < -0.39 is 0 Å². The van der Waals surface area contributed by atoms with Crippen LogP contribution in [0.3, 0.4) is 0 Å². The normalized spacial score (nSPS) is 11.8. The van der Waals surface area contributed by atoms with Crippen molar-refractivity contribution in [3.05, 3.63) is 158 Å². The van der Waals surface area contributed by atoms with E-state index in [1.54, 1.807) is 18.6 Å². The number of rotatable bonds is 3. The minimum absolute atomic E-state index is 0. The first-order valence-electron chi connectivity index (χ1n) is 16.5. The number of hydrogen-bond acceptors (Lipinski definition) is 4. The molecular weight excluding hydrogens is 808 g/mol. The summed E-state index contributed by atoms with van der Waals surface area (Å²) >= 11 is 0. The van der Waals surface area contributed by atoms with Crippen LogP contribution < -0.4 is 0 Å². The van der Waals surface area contributed by atoms with E-state index in [4.69, 9.17) is 5.10 Å². The quantitative estimate of drug-likeness (QED) is 0.167. The molecule has 6 nitrogen and oxygen atoms in total. The van der Waals surface area contributed by atoms with Crippen molar-refractivity contribution >= 4 is 76.1 Å². The van der Waals surface area contributed by atoms with Crippen molar-refractivity contribution in [2.45, 2.75) is 0 Å². The summed E-state index contributed by atoms with van der Waals surface area (Å²) in [5.41, 5.74) is 7.44. The van der Waals surface area contributed by atoms with Crippen molar-refractivity contribution in [2.24, 2.45) is 0 Å². The average molecular weight is 832 g/mol. The van der Waals surface area contributed by atoms with Crippen molar-refractivity contribution in [2.75, 3.05) is 0 Å². The molecule has 0 fully saturated rings. The summed E-state index contributed by atoms with van der Waals surface area (Å²) in [6.07, 6.45) is 5.19. The zero-order chi connectivity index (χ0) is 32.8. The minimum atomic E-state index is 0. The molecule has 0 aliphatic rings. The monoisotopic (exact) mass is 831 g/mol. The molecule has 51 heavy (non-hydrogen) atoms. The van der Waals surface area contributed by atoms with Crippen LogP contribution in [0, 0.1) is 12.1 Å². The number of nitrogens with zero attached hydrogens (tertiary/aromatic N) is 6. The molecule has 240 valence electrons. The van der Waals surface area contributed by atoms with Gasteiger partial charge in [0.2, 0.25) is 0 Å². The molecule has 0 amide bonds. The zero-order valence-electron chi connectivity index (χ0n) is 26.9. The maximum absolute atomic E-state index is 4.77. The van der Waals surface area contributed by atoms with E-state index in [1.165, 1.54) is 21.5 Å². The van der Waals surface area contributed by atoms with Gasteiger partial charge in [0.05, 0.1) is 5.52 Å². The molecule has 0 aliphatic heterocycles. The van der Waals surface area contributed by atoms with Gasteiger partial charge in [-0.1, -0.05) is 95.5 Å². The second kappa shape index (κ2) is 11.4. The predicted molar refractivity (Wildman–Crippen MR) is 202 cm³/mol. The third-order valence-corrected chi connectivity index (χ3v) is 9.86. The Hall–Kier alpha value is -6.23. The van der Waals surface area contributed by atoms with Gasteiger partial charge in [-0.25, -0.2) is 0 Å². The molecular formula is C44H24N6Pt. The first-order valence-corrected chi connectivity index (χ1v) is 16.5. The van der Waals surface area contributed by atoms with Crippen LogP contribution in [0.15, 0.2) is 146 Å². The first-order chi connectivity index (χ1) is 24.8. The van der Waals surface area contributed by atoms with E-state index in [-0.39, 0.29) is 21.1 Å². The summed E-state index contributed by atoms with van der Waals surface area (Å²) in [6, 6.07) is 52.6. The van der Waals surface area contributed by atoms with Crippen LogP contribution in [-0.4, -0.2) is 29.3 Å². The van der Waals surface area contributed by atoms with Gasteiger partial charge < -0.3 is 14.1 Å². The van der Waals surface area contributed by atoms with Crippen LogP contribution in [0.5, 0.6) is 0 Å². The summed E-state index contributed by atoms with van der Waals surface area (Å²) in [4.78, 5) is 8.91. The van der Waals surface area contributed by atoms with Crippen LogP contribution in [0.25, 0.3) is 98.8 Å². The molecule has 0 spiro atoms. The van der Waals surface area contributed by atoms with Gasteiger partial charge >= 0.3 is 21.1 Å². The van der Waals surface area contributed by atoms with Crippen molar-refractivity contribution < 1.29 is 21.1 Å². The van der Waals surface area contributed by atoms with E-state index in [0.29, 0.717) is 0 Å². The molecule has 0 unspecified atom stereocenters. The second-order valence-electron chi connectivity index (χ2n) is 12.7. The fourth-order valence-corrected chi connectivity index (χ4v) is 7.53. The Bertz CT molecular complexity index is 3160. The molecule has 4 heterocycles. The fraction of sp³-hybridized carbons (Fsp3) is 0. The van der Waals surface area contributed by atoms with E-state index >= 15 is 0 Å². The first kappa shape index (κ1) is 29.7. The Morgan fingerprint density at radius 3 is 1.78 bits per heavy atom. The van der Waals surface area contributed by atoms with Gasteiger partial charge in [-0.3, -0.25) is 4.98 Å². The van der Waals surface area contributed by atoms with E-state index in [1.807, 2.05) is 18.2 Å². The number of benzene rings is 7. The minimum Gasteiger partial charge on any atom is -0.352 e. The molecule has 4 aromatic heterocycles. The molecule has 0 radical (unpaired) electrons. The fourth-order valence-electron chi connectivity index (χ4n) is 7.53. The number of aromatic nitrogens is 6. The maximum Gasteiger partial charge on any atom is 2.00 e. The van der Waals surface area contributed by atoms with Crippen molar-refractivity contribution in [1.82, 2.24) is 29.3 Å². The van der Waals surface area contributed by atoms with Gasteiger partial charge in [-0.15, -0.1) is 51.5 Å². The van der Waals surface area contributed by atoms with E-state index in [0.717, 1.165) is 77.3 Å². The molecule has 0 atom stereocenters. The smallest absolute Gasteiger partial charge is 0.352 e. The number of fused-ring (bicyclic) bond motifs is 9. The standard InChI is InChI=1S/C44H24N6.Pt/c1-3-9-29-21-41-36(19-27(29)7-1)34-15-13-32(39-26-45-17-18-46-39)23-40(34)49(41)33-14-16-35-37-20-28-8-2-4-10-30(28)22-42(37)50(43(35)25-33)44-24-31-11-5-6-12-38(31)47-48-44;/h1-22,24,26H;/q-2;+2. The van der Waals surface area contributed by atoms with Crippen LogP contribution in [0.1, 0.15) is 0 Å². The Kier molecular flexibility index (Phi) is 6.64. The second-order valence-corrected chi connectivity index (χ2v) is 12.7. The molecule has 7 heteroatoms. The summed E-state index contributed by atoms with van der Waals surface area (Å²) in [7, 11) is 0. The third-order valence-electron chi connectivity index (χ3n) is 9.86. The van der Waals surface area contributed by atoms with Gasteiger partial charge in [0.25, 0.3) is 0 Å². The molecule has 0 N–H and O–H groups in total. The molecule has 11 aromatic rings. The van der Waals surface area contributed by atoms with Gasteiger partial charge in [-0.05, 0) is 62.1 Å². The average Bonchev–Trinajstić information content (AvgIpc) is 3.66. The van der Waals surface area contributed by atoms with Crippen LogP contribution in [0.4, 0.5) is 0 Å². The topological polar surface area (TPSA) is 61.4 Å². The molecule has 7 aromatic carbocycles. The maximum atomic E-state index is 4.77. The summed E-state index contributed by atoms with van der Waals surface area (Å²) in [5.74, 6) is 0.747. The Morgan fingerprint density at radius 1 is 0.490 bits per heavy atom. The largest absolute Gasteiger partial charge is 2.00 e. The van der Waals surface area contributed by atoms with Crippen LogP contribution in [0.2, 0.25) is 0 Å². The van der Waals surface area contributed by atoms with Crippen molar-refractivity contribution in [1.29, 1.82) is 0 Å². The zero-order valence-corrected chi connectivity index (χ0v) is 29.1. The molecule has 0 saturated carbocycles. The molecule has 0 saturated heterocycles. The van der Waals surface area contributed by atoms with Crippen molar-refractivity contribution in [3.63, 3.8) is 0 Å². The Morgan fingerprint density at radius 2 is 1.10 bits per heavy atom. The molecule has 11 rings (SSSR count). The molecule has 0 aliphatic carbocycles. The van der Waals surface area contributed by atoms with E-state index in [2.05, 4.69) is 146 Å². The van der Waals surface area contributed by atoms with Gasteiger partial charge in [0.1, 0.15) is 0 Å². The summed E-state index contributed by atoms with van der Waals surface area (Å²) in [5, 5.41) is 19.6. The van der Waals surface area contributed by atoms with Gasteiger partial charge in [0.15, 0.2) is 5.82 Å². The third kappa shape index (κ3) is 4.53. The summed E-state index contributed by atoms with van der Waals surface area (Å²) in [6.45, 7) is 0. The van der Waals surface area contributed by atoms with Crippen LogP contribution >= 0.6 is 0 Å². The molecule has 0 bridgehead atoms. The Balaban J connectivity index is 0.00000327.